The van der Waals surface area contributed by atoms with Crippen LogP contribution >= 0.6 is 0 Å². The van der Waals surface area contributed by atoms with Gasteiger partial charge in [-0.15, -0.1) is 0 Å². The molecule has 0 heterocycles. The molecule has 1 fully saturated rings. The minimum atomic E-state index is -0.312. The number of non-ortho nitro benzene ring substituents is 1. The van der Waals surface area contributed by atoms with Crippen LogP contribution in [0.3, 0.4) is 0 Å². The number of hydrogen-bond donors (Lipinski definition) is 1. The number of nitrogens with zero attached hydrogens (tertiary/aromatic N) is 1. The van der Waals surface area contributed by atoms with Crippen molar-refractivity contribution in [2.75, 3.05) is 6.54 Å². The van der Waals surface area contributed by atoms with Crippen molar-refractivity contribution in [3.63, 3.8) is 0 Å². The van der Waals surface area contributed by atoms with Crippen molar-refractivity contribution in [2.24, 2.45) is 5.41 Å². The zero-order valence-corrected chi connectivity index (χ0v) is 11.8. The van der Waals surface area contributed by atoms with Crippen LogP contribution in [0.1, 0.15) is 45.1 Å². The number of rotatable bonds is 5. The van der Waals surface area contributed by atoms with Crippen LogP contribution in [0.15, 0.2) is 24.3 Å². The van der Waals surface area contributed by atoms with E-state index < -0.39 is 0 Å². The molecule has 3 atom stereocenters. The summed E-state index contributed by atoms with van der Waals surface area (Å²) in [7, 11) is 0. The Morgan fingerprint density at radius 2 is 2.21 bits per heavy atom. The van der Waals surface area contributed by atoms with Gasteiger partial charge in [0.05, 0.1) is 4.92 Å². The lowest BCUT2D eigenvalue weighted by atomic mass is 9.54. The van der Waals surface area contributed by atoms with E-state index in [1.165, 1.54) is 0 Å². The average Bonchev–Trinajstić information content (AvgIpc) is 2.42. The molecular weight excluding hydrogens is 240 g/mol. The molecule has 1 aliphatic carbocycles. The van der Waals surface area contributed by atoms with Gasteiger partial charge in [-0.3, -0.25) is 10.1 Å². The van der Waals surface area contributed by atoms with Crippen LogP contribution in [0.25, 0.3) is 0 Å². The molecule has 3 unspecified atom stereocenters. The van der Waals surface area contributed by atoms with Gasteiger partial charge in [0.1, 0.15) is 0 Å². The Kier molecular flexibility index (Phi) is 3.90. The predicted octanol–water partition coefficient (Wildman–Crippen LogP) is 3.48. The van der Waals surface area contributed by atoms with Gasteiger partial charge in [0, 0.05) is 18.2 Å². The van der Waals surface area contributed by atoms with Crippen molar-refractivity contribution in [1.82, 2.24) is 5.32 Å². The van der Waals surface area contributed by atoms with E-state index in [2.05, 4.69) is 26.1 Å². The number of nitro groups is 1. The molecule has 0 amide bonds. The summed E-state index contributed by atoms with van der Waals surface area (Å²) in [5, 5.41) is 14.4. The smallest absolute Gasteiger partial charge is 0.269 e. The number of benzene rings is 1. The Morgan fingerprint density at radius 3 is 2.79 bits per heavy atom. The van der Waals surface area contributed by atoms with Gasteiger partial charge in [-0.2, -0.15) is 0 Å². The van der Waals surface area contributed by atoms with Crippen molar-refractivity contribution >= 4 is 5.69 Å². The average molecular weight is 262 g/mol. The van der Waals surface area contributed by atoms with Gasteiger partial charge < -0.3 is 5.32 Å². The largest absolute Gasteiger partial charge is 0.314 e. The molecule has 1 saturated carbocycles. The van der Waals surface area contributed by atoms with E-state index >= 15 is 0 Å². The molecule has 4 nitrogen and oxygen atoms in total. The molecule has 1 aromatic carbocycles. The second-order valence-corrected chi connectivity index (χ2v) is 5.61. The van der Waals surface area contributed by atoms with Gasteiger partial charge in [-0.05, 0) is 36.3 Å². The molecule has 0 spiro atoms. The molecule has 1 aromatic rings. The van der Waals surface area contributed by atoms with Crippen LogP contribution in [0.2, 0.25) is 0 Å². The summed E-state index contributed by atoms with van der Waals surface area (Å²) in [6.45, 7) is 7.58. The van der Waals surface area contributed by atoms with E-state index in [0.29, 0.717) is 12.0 Å². The van der Waals surface area contributed by atoms with E-state index in [0.717, 1.165) is 24.9 Å². The molecule has 4 heteroatoms. The molecule has 1 N–H and O–H groups in total. The first-order chi connectivity index (χ1) is 9.02. The van der Waals surface area contributed by atoms with Gasteiger partial charge in [0.15, 0.2) is 0 Å². The van der Waals surface area contributed by atoms with E-state index in [4.69, 9.17) is 0 Å². The van der Waals surface area contributed by atoms with Crippen molar-refractivity contribution in [3.8, 4) is 0 Å². The van der Waals surface area contributed by atoms with E-state index in [1.54, 1.807) is 18.2 Å². The minimum absolute atomic E-state index is 0.197. The van der Waals surface area contributed by atoms with Crippen molar-refractivity contribution in [3.05, 3.63) is 39.9 Å². The molecular formula is C15H22N2O2. The maximum atomic E-state index is 10.9. The summed E-state index contributed by atoms with van der Waals surface area (Å²) in [6.07, 6.45) is 2.15. The third-order valence-electron chi connectivity index (χ3n) is 4.76. The summed E-state index contributed by atoms with van der Waals surface area (Å²) < 4.78 is 0. The van der Waals surface area contributed by atoms with Crippen molar-refractivity contribution in [1.29, 1.82) is 0 Å². The second kappa shape index (κ2) is 5.29. The van der Waals surface area contributed by atoms with Crippen LogP contribution in [-0.2, 0) is 0 Å². The molecule has 1 aliphatic rings. The van der Waals surface area contributed by atoms with E-state index in [1.807, 2.05) is 6.07 Å². The summed E-state index contributed by atoms with van der Waals surface area (Å²) >= 11 is 0. The van der Waals surface area contributed by atoms with Crippen molar-refractivity contribution < 1.29 is 4.92 Å². The normalized spacial score (nSPS) is 29.8. The minimum Gasteiger partial charge on any atom is -0.314 e. The number of hydrogen-bond acceptors (Lipinski definition) is 3. The fourth-order valence-electron chi connectivity index (χ4n) is 3.28. The summed E-state index contributed by atoms with van der Waals surface area (Å²) in [5.41, 5.74) is 1.50. The third kappa shape index (κ3) is 2.37. The lowest BCUT2D eigenvalue weighted by Gasteiger charge is -2.54. The predicted molar refractivity (Wildman–Crippen MR) is 76.3 cm³/mol. The first kappa shape index (κ1) is 14.0. The highest BCUT2D eigenvalue weighted by molar-refractivity contribution is 5.38. The molecule has 0 bridgehead atoms. The Bertz CT molecular complexity index is 475. The topological polar surface area (TPSA) is 55.2 Å². The maximum Gasteiger partial charge on any atom is 0.269 e. The molecule has 19 heavy (non-hydrogen) atoms. The van der Waals surface area contributed by atoms with Gasteiger partial charge in [0.2, 0.25) is 0 Å². The lowest BCUT2D eigenvalue weighted by molar-refractivity contribution is -0.385. The Labute approximate surface area is 114 Å². The first-order valence-electron chi connectivity index (χ1n) is 7.00. The third-order valence-corrected chi connectivity index (χ3v) is 4.76. The van der Waals surface area contributed by atoms with Gasteiger partial charge in [-0.25, -0.2) is 0 Å². The summed E-state index contributed by atoms with van der Waals surface area (Å²) in [6, 6.07) is 7.64. The Balaban J connectivity index is 2.23. The highest BCUT2D eigenvalue weighted by Gasteiger charge is 2.50. The first-order valence-corrected chi connectivity index (χ1v) is 7.00. The summed E-state index contributed by atoms with van der Waals surface area (Å²) in [4.78, 5) is 10.6. The molecule has 2 rings (SSSR count). The molecule has 0 aliphatic heterocycles. The Morgan fingerprint density at radius 1 is 1.47 bits per heavy atom. The van der Waals surface area contributed by atoms with E-state index in [-0.39, 0.29) is 16.0 Å². The van der Waals surface area contributed by atoms with Crippen LogP contribution in [0.5, 0.6) is 0 Å². The molecule has 0 radical (unpaired) electrons. The molecule has 0 saturated heterocycles. The number of nitro benzene ring substituents is 1. The van der Waals surface area contributed by atoms with Gasteiger partial charge >= 0.3 is 0 Å². The van der Waals surface area contributed by atoms with Gasteiger partial charge in [0.25, 0.3) is 5.69 Å². The monoisotopic (exact) mass is 262 g/mol. The zero-order valence-electron chi connectivity index (χ0n) is 11.8. The zero-order chi connectivity index (χ0) is 14.0. The fraction of sp³-hybridized carbons (Fsp3) is 0.600. The maximum absolute atomic E-state index is 10.9. The van der Waals surface area contributed by atoms with Crippen molar-refractivity contribution in [2.45, 2.75) is 45.6 Å². The fourth-order valence-corrected chi connectivity index (χ4v) is 3.28. The molecule has 104 valence electrons. The molecule has 0 aromatic heterocycles. The van der Waals surface area contributed by atoms with Crippen LogP contribution in [0, 0.1) is 15.5 Å². The second-order valence-electron chi connectivity index (χ2n) is 5.61. The van der Waals surface area contributed by atoms with Crippen LogP contribution < -0.4 is 5.32 Å². The number of nitrogens with one attached hydrogen (secondary N) is 1. The van der Waals surface area contributed by atoms with Crippen LogP contribution in [-0.4, -0.2) is 17.5 Å². The quantitative estimate of drug-likeness (QED) is 0.653. The standard InChI is InChI=1S/C15H22N2O2/c1-4-15(3)13(10-14(15)16-5-2)11-7-6-8-12(9-11)17(18)19/h6-9,13-14,16H,4-5,10H2,1-3H3. The highest BCUT2D eigenvalue weighted by atomic mass is 16.6. The van der Waals surface area contributed by atoms with E-state index in [9.17, 15) is 10.1 Å². The van der Waals surface area contributed by atoms with Crippen LogP contribution in [0.4, 0.5) is 5.69 Å². The highest BCUT2D eigenvalue weighted by Crippen LogP contribution is 2.55. The van der Waals surface area contributed by atoms with Gasteiger partial charge in [-0.1, -0.05) is 32.9 Å². The Hall–Kier alpha value is -1.42. The summed E-state index contributed by atoms with van der Waals surface area (Å²) in [5.74, 6) is 0.418. The lowest BCUT2D eigenvalue weighted by Crippen LogP contribution is -2.56. The SMILES string of the molecule is CCNC1CC(c2cccc([N+](=O)[O-])c2)C1(C)CC.